The molecule has 216 valence electrons. The van der Waals surface area contributed by atoms with E-state index in [4.69, 9.17) is 4.74 Å². The van der Waals surface area contributed by atoms with Gasteiger partial charge in [-0.1, -0.05) is 126 Å². The van der Waals surface area contributed by atoms with Gasteiger partial charge in [0.05, 0.1) is 18.1 Å². The second kappa shape index (κ2) is 17.8. The lowest BCUT2D eigenvalue weighted by molar-refractivity contribution is -0.137. The van der Waals surface area contributed by atoms with Gasteiger partial charge in [0.15, 0.2) is 0 Å². The average molecular weight is 542 g/mol. The van der Waals surface area contributed by atoms with Gasteiger partial charge in [0.1, 0.15) is 0 Å². The molecule has 1 aliphatic rings. The van der Waals surface area contributed by atoms with Crippen molar-refractivity contribution >= 4 is 5.97 Å². The molecule has 2 aromatic carbocycles. The Kier molecular flexibility index (Phi) is 14.1. The van der Waals surface area contributed by atoms with E-state index in [2.05, 4.69) is 68.1 Å². The third-order valence-corrected chi connectivity index (χ3v) is 8.78. The highest BCUT2D eigenvalue weighted by Gasteiger charge is 2.36. The number of unbranched alkanes of at least 4 members (excludes halogenated alkanes) is 9. The average Bonchev–Trinajstić information content (AvgIpc) is 3.01. The van der Waals surface area contributed by atoms with Crippen LogP contribution in [-0.4, -0.2) is 12.6 Å². The van der Waals surface area contributed by atoms with Gasteiger partial charge >= 0.3 is 5.97 Å². The number of nitriles is 1. The van der Waals surface area contributed by atoms with Crippen molar-refractivity contribution in [3.8, 4) is 17.2 Å². The van der Waals surface area contributed by atoms with Crippen molar-refractivity contribution in [3.63, 3.8) is 0 Å². The number of hydrogen-bond donors (Lipinski definition) is 0. The molecule has 0 N–H and O–H groups in total. The van der Waals surface area contributed by atoms with E-state index in [1.165, 1.54) is 92.5 Å². The molecule has 0 spiro atoms. The van der Waals surface area contributed by atoms with Gasteiger partial charge in [-0.15, -0.1) is 0 Å². The summed E-state index contributed by atoms with van der Waals surface area (Å²) in [5.74, 6) is 0.176. The Hall–Kier alpha value is -2.86. The molecule has 1 fully saturated rings. The van der Waals surface area contributed by atoms with Crippen LogP contribution in [0, 0.1) is 16.7 Å². The Bertz CT molecular complexity index is 1050. The summed E-state index contributed by atoms with van der Waals surface area (Å²) in [4.78, 5) is 11.0. The number of benzene rings is 2. The summed E-state index contributed by atoms with van der Waals surface area (Å²) in [6.45, 7) is 6.16. The van der Waals surface area contributed by atoms with E-state index in [1.54, 1.807) is 0 Å². The first-order valence-corrected chi connectivity index (χ1v) is 16.0. The number of nitrogens with zero attached hydrogens (tertiary/aromatic N) is 1. The van der Waals surface area contributed by atoms with E-state index in [0.29, 0.717) is 12.5 Å². The summed E-state index contributed by atoms with van der Waals surface area (Å²) in [7, 11) is 0. The Labute approximate surface area is 244 Å². The summed E-state index contributed by atoms with van der Waals surface area (Å²) in [5, 5.41) is 10.2. The minimum absolute atomic E-state index is 0.148. The smallest absolute Gasteiger partial charge is 0.330 e. The quantitative estimate of drug-likeness (QED) is 0.107. The van der Waals surface area contributed by atoms with Crippen LogP contribution in [0.5, 0.6) is 0 Å². The summed E-state index contributed by atoms with van der Waals surface area (Å²) in [5.41, 5.74) is 5.25. The fourth-order valence-corrected chi connectivity index (χ4v) is 6.26. The van der Waals surface area contributed by atoms with Crippen LogP contribution in [0.2, 0.25) is 0 Å². The van der Waals surface area contributed by atoms with Crippen molar-refractivity contribution in [3.05, 3.63) is 72.3 Å². The van der Waals surface area contributed by atoms with Gasteiger partial charge in [-0.3, -0.25) is 0 Å². The van der Waals surface area contributed by atoms with Gasteiger partial charge in [0.25, 0.3) is 0 Å². The maximum Gasteiger partial charge on any atom is 0.330 e. The number of ether oxygens (including phenoxy) is 1. The molecule has 3 heteroatoms. The predicted molar refractivity (Wildman–Crippen MR) is 167 cm³/mol. The minimum atomic E-state index is -0.324. The molecule has 0 heterocycles. The van der Waals surface area contributed by atoms with Crippen LogP contribution in [0.15, 0.2) is 61.2 Å². The first-order chi connectivity index (χ1) is 19.6. The van der Waals surface area contributed by atoms with Crippen LogP contribution in [-0.2, 0) is 16.0 Å². The third kappa shape index (κ3) is 10.6. The maximum atomic E-state index is 11.0. The van der Waals surface area contributed by atoms with Gasteiger partial charge in [-0.25, -0.2) is 4.79 Å². The first kappa shape index (κ1) is 31.7. The van der Waals surface area contributed by atoms with Gasteiger partial charge in [0.2, 0.25) is 0 Å². The van der Waals surface area contributed by atoms with Crippen molar-refractivity contribution in [2.24, 2.45) is 5.41 Å². The van der Waals surface area contributed by atoms with Crippen LogP contribution in [0.4, 0.5) is 0 Å². The van der Waals surface area contributed by atoms with Crippen molar-refractivity contribution in [1.29, 1.82) is 5.26 Å². The SMILES string of the molecule is C=CC(=O)OCCCCCCCCCCCC1(C#N)CCCC(c2ccc(-c3ccc(CCCC)cc3)cc2)C1. The molecule has 0 aliphatic heterocycles. The maximum absolute atomic E-state index is 11.0. The molecule has 1 saturated carbocycles. The van der Waals surface area contributed by atoms with E-state index in [-0.39, 0.29) is 11.4 Å². The molecule has 0 amide bonds. The van der Waals surface area contributed by atoms with Crippen molar-refractivity contribution in [1.82, 2.24) is 0 Å². The van der Waals surface area contributed by atoms with Crippen LogP contribution < -0.4 is 0 Å². The number of rotatable bonds is 18. The number of carbonyl (C=O) groups is 1. The zero-order valence-corrected chi connectivity index (χ0v) is 25.0. The fraction of sp³-hybridized carbons (Fsp3) is 0.568. The van der Waals surface area contributed by atoms with E-state index >= 15 is 0 Å². The summed E-state index contributed by atoms with van der Waals surface area (Å²) in [6.07, 6.45) is 21.1. The molecule has 2 unspecified atom stereocenters. The Morgan fingerprint density at radius 1 is 0.925 bits per heavy atom. The third-order valence-electron chi connectivity index (χ3n) is 8.78. The highest BCUT2D eigenvalue weighted by atomic mass is 16.5. The molecule has 0 aromatic heterocycles. The number of carbonyl (C=O) groups excluding carboxylic acids is 1. The van der Waals surface area contributed by atoms with Gasteiger partial charge in [0, 0.05) is 6.08 Å². The van der Waals surface area contributed by atoms with E-state index < -0.39 is 0 Å². The predicted octanol–water partition coefficient (Wildman–Crippen LogP) is 10.5. The first-order valence-electron chi connectivity index (χ1n) is 16.0. The molecule has 3 nitrogen and oxygen atoms in total. The number of esters is 1. The zero-order chi connectivity index (χ0) is 28.5. The van der Waals surface area contributed by atoms with Crippen molar-refractivity contribution in [2.75, 3.05) is 6.61 Å². The lowest BCUT2D eigenvalue weighted by Crippen LogP contribution is -2.26. The number of aryl methyl sites for hydroxylation is 1. The van der Waals surface area contributed by atoms with Gasteiger partial charge < -0.3 is 4.74 Å². The molecule has 2 atom stereocenters. The summed E-state index contributed by atoms with van der Waals surface area (Å²) in [6, 6.07) is 21.0. The molecular weight excluding hydrogens is 490 g/mol. The molecule has 0 bridgehead atoms. The fourth-order valence-electron chi connectivity index (χ4n) is 6.26. The van der Waals surface area contributed by atoms with Crippen LogP contribution >= 0.6 is 0 Å². The second-order valence-electron chi connectivity index (χ2n) is 11.9. The Morgan fingerprint density at radius 3 is 2.12 bits per heavy atom. The van der Waals surface area contributed by atoms with Crippen LogP contribution in [0.25, 0.3) is 11.1 Å². The van der Waals surface area contributed by atoms with Crippen LogP contribution in [0.3, 0.4) is 0 Å². The van der Waals surface area contributed by atoms with Gasteiger partial charge in [-0.2, -0.15) is 5.26 Å². The minimum Gasteiger partial charge on any atom is -0.463 e. The van der Waals surface area contributed by atoms with Crippen molar-refractivity contribution in [2.45, 2.75) is 122 Å². The number of hydrogen-bond acceptors (Lipinski definition) is 3. The zero-order valence-electron chi connectivity index (χ0n) is 25.0. The molecular formula is C37H51NO2. The highest BCUT2D eigenvalue weighted by Crippen LogP contribution is 2.46. The largest absolute Gasteiger partial charge is 0.463 e. The molecule has 0 saturated heterocycles. The lowest BCUT2D eigenvalue weighted by atomic mass is 9.66. The van der Waals surface area contributed by atoms with E-state index in [0.717, 1.165) is 44.9 Å². The normalized spacial score (nSPS) is 18.6. The lowest BCUT2D eigenvalue weighted by Gasteiger charge is -2.36. The molecule has 2 aromatic rings. The highest BCUT2D eigenvalue weighted by molar-refractivity contribution is 5.81. The monoisotopic (exact) mass is 541 g/mol. The van der Waals surface area contributed by atoms with E-state index in [1.807, 2.05) is 0 Å². The second-order valence-corrected chi connectivity index (χ2v) is 11.9. The molecule has 3 rings (SSSR count). The standard InChI is InChI=1S/C37H51NO2/c1-3-5-16-31-18-20-32(21-19-31)33-22-24-34(25-23-33)35-17-15-27-37(29-35,30-38)26-13-11-9-7-6-8-10-12-14-28-40-36(39)4-2/h4,18-25,35H,2-3,5-17,26-29H2,1H3. The van der Waals surface area contributed by atoms with Crippen molar-refractivity contribution < 1.29 is 9.53 Å². The summed E-state index contributed by atoms with van der Waals surface area (Å²) < 4.78 is 5.02. The van der Waals surface area contributed by atoms with Gasteiger partial charge in [-0.05, 0) is 73.1 Å². The van der Waals surface area contributed by atoms with E-state index in [9.17, 15) is 10.1 Å². The Balaban J connectivity index is 1.36. The molecule has 1 aliphatic carbocycles. The Morgan fingerprint density at radius 2 is 1.52 bits per heavy atom. The topological polar surface area (TPSA) is 50.1 Å². The molecule has 40 heavy (non-hydrogen) atoms. The molecule has 0 radical (unpaired) electrons. The van der Waals surface area contributed by atoms with Crippen LogP contribution in [0.1, 0.15) is 127 Å². The summed E-state index contributed by atoms with van der Waals surface area (Å²) >= 11 is 0.